The van der Waals surface area contributed by atoms with Gasteiger partial charge in [0.05, 0.1) is 0 Å². The summed E-state index contributed by atoms with van der Waals surface area (Å²) >= 11 is 4.82. The van der Waals surface area contributed by atoms with Crippen molar-refractivity contribution < 1.29 is 15.5 Å². The van der Waals surface area contributed by atoms with Crippen molar-refractivity contribution in [1.82, 2.24) is 0 Å². The van der Waals surface area contributed by atoms with Crippen molar-refractivity contribution >= 4 is 0 Å². The van der Waals surface area contributed by atoms with Crippen molar-refractivity contribution in [2.75, 3.05) is 0 Å². The van der Waals surface area contributed by atoms with Gasteiger partial charge in [-0.25, -0.2) is 0 Å². The molecule has 0 nitrogen and oxygen atoms in total. The second-order valence-corrected chi connectivity index (χ2v) is 2.99. The van der Waals surface area contributed by atoms with Crippen LogP contribution in [-0.4, -0.2) is 0 Å². The van der Waals surface area contributed by atoms with Gasteiger partial charge in [0.1, 0.15) is 0 Å². The molecule has 0 saturated heterocycles. The minimum atomic E-state index is 0.661. The zero-order valence-electron chi connectivity index (χ0n) is 4.43. The Balaban J connectivity index is 2.12. The van der Waals surface area contributed by atoms with E-state index in [9.17, 15) is 0 Å². The first kappa shape index (κ1) is 5.63. The third-order valence-corrected chi connectivity index (χ3v) is 2.07. The van der Waals surface area contributed by atoms with Crippen LogP contribution in [0, 0.1) is 0 Å². The Labute approximate surface area is 53.0 Å². The van der Waals surface area contributed by atoms with Crippen molar-refractivity contribution in [3.63, 3.8) is 0 Å². The number of hydrogen-bond donors (Lipinski definition) is 0. The molecule has 0 atom stereocenters. The molecule has 1 heteroatoms. The van der Waals surface area contributed by atoms with Crippen LogP contribution in [0.15, 0.2) is 0 Å². The van der Waals surface area contributed by atoms with E-state index >= 15 is 0 Å². The van der Waals surface area contributed by atoms with Crippen LogP contribution in [0.1, 0.15) is 32.1 Å². The third kappa shape index (κ3) is 1.82. The molecule has 0 spiro atoms. The van der Waals surface area contributed by atoms with Crippen molar-refractivity contribution in [2.24, 2.45) is 0 Å². The van der Waals surface area contributed by atoms with Gasteiger partial charge in [0.15, 0.2) is 0 Å². The Kier molecular flexibility index (Phi) is 2.18. The molecule has 0 aromatic heterocycles. The molecule has 0 aromatic rings. The zero-order chi connectivity index (χ0) is 5.11. The second-order valence-electron chi connectivity index (χ2n) is 2.18. The fourth-order valence-corrected chi connectivity index (χ4v) is 1.43. The van der Waals surface area contributed by atoms with Gasteiger partial charge in [-0.05, 0) is 0 Å². The summed E-state index contributed by atoms with van der Waals surface area (Å²) < 4.78 is 0. The van der Waals surface area contributed by atoms with Crippen molar-refractivity contribution in [1.29, 1.82) is 0 Å². The summed E-state index contributed by atoms with van der Waals surface area (Å²) in [6.45, 7) is 0. The Hall–Kier alpha value is 0.494. The average molecular weight is 142 g/mol. The minimum absolute atomic E-state index is 0.661. The summed E-state index contributed by atoms with van der Waals surface area (Å²) in [5.41, 5.74) is 0. The van der Waals surface area contributed by atoms with E-state index in [4.69, 9.17) is 15.5 Å². The van der Waals surface area contributed by atoms with Crippen molar-refractivity contribution in [2.45, 2.75) is 37.0 Å². The molecule has 0 unspecified atom stereocenters. The molecule has 0 aliphatic heterocycles. The molecule has 45 valence electrons. The monoisotopic (exact) mass is 141 g/mol. The van der Waals surface area contributed by atoms with Crippen molar-refractivity contribution in [3.05, 3.63) is 0 Å². The van der Waals surface area contributed by atoms with Crippen LogP contribution >= 0.6 is 0 Å². The molecule has 1 fully saturated rings. The number of rotatable bonds is 0. The average Bonchev–Trinajstić information content (AvgIpc) is 1.69. The van der Waals surface area contributed by atoms with Gasteiger partial charge in [0, 0.05) is 0 Å². The molecule has 7 heavy (non-hydrogen) atoms. The Bertz CT molecular complexity index is 46.1. The zero-order valence-corrected chi connectivity index (χ0v) is 5.42. The first-order chi connectivity index (χ1) is 3.39. The van der Waals surface area contributed by atoms with Crippen LogP contribution in [0.5, 0.6) is 0 Å². The first-order valence-electron chi connectivity index (χ1n) is 3.00. The van der Waals surface area contributed by atoms with Gasteiger partial charge in [-0.1, -0.05) is 0 Å². The maximum absolute atomic E-state index is 4.82. The quantitative estimate of drug-likeness (QED) is 0.455. The van der Waals surface area contributed by atoms with E-state index in [-0.39, 0.29) is 0 Å². The Morgan fingerprint density at radius 2 is 1.57 bits per heavy atom. The Morgan fingerprint density at radius 3 is 1.86 bits per heavy atom. The Morgan fingerprint density at radius 1 is 1.00 bits per heavy atom. The van der Waals surface area contributed by atoms with E-state index < -0.39 is 0 Å². The molecule has 0 bridgehead atoms. The molecule has 0 radical (unpaired) electrons. The second kappa shape index (κ2) is 2.72. The van der Waals surface area contributed by atoms with Gasteiger partial charge >= 0.3 is 52.5 Å². The van der Waals surface area contributed by atoms with Crippen molar-refractivity contribution in [3.8, 4) is 0 Å². The molecule has 1 saturated carbocycles. The van der Waals surface area contributed by atoms with Crippen LogP contribution in [0.3, 0.4) is 0 Å². The molecule has 1 aliphatic rings. The molecule has 0 N–H and O–H groups in total. The number of hydrogen-bond acceptors (Lipinski definition) is 0. The predicted molar refractivity (Wildman–Crippen MR) is 26.8 cm³/mol. The van der Waals surface area contributed by atoms with Crippen LogP contribution in [-0.2, 0) is 15.5 Å². The molecule has 0 amide bonds. The van der Waals surface area contributed by atoms with E-state index in [0.717, 1.165) is 0 Å². The van der Waals surface area contributed by atoms with E-state index in [1.165, 1.54) is 32.1 Å². The first-order valence-corrected chi connectivity index (χ1v) is 3.57. The van der Waals surface area contributed by atoms with Crippen LogP contribution in [0.25, 0.3) is 0 Å². The molecule has 0 aromatic carbocycles. The topological polar surface area (TPSA) is 0 Å². The molecular formula is C6H11Ni. The van der Waals surface area contributed by atoms with Gasteiger partial charge in [0.2, 0.25) is 0 Å². The normalized spacial score (nSPS) is 25.4. The van der Waals surface area contributed by atoms with E-state index in [1.807, 2.05) is 0 Å². The summed E-state index contributed by atoms with van der Waals surface area (Å²) in [5.74, 6) is 0. The van der Waals surface area contributed by atoms with Crippen LogP contribution in [0.2, 0.25) is 4.89 Å². The predicted octanol–water partition coefficient (Wildman–Crippen LogP) is 2.29. The van der Waals surface area contributed by atoms with Gasteiger partial charge in [-0.2, -0.15) is 0 Å². The summed E-state index contributed by atoms with van der Waals surface area (Å²) in [6.07, 6.45) is 6.86. The standard InChI is InChI=1S/C6H11.Ni/c1-2-4-6-5-3-1;/h1H,2-6H2;. The van der Waals surface area contributed by atoms with Crippen LogP contribution in [0.4, 0.5) is 0 Å². The van der Waals surface area contributed by atoms with E-state index in [2.05, 4.69) is 0 Å². The summed E-state index contributed by atoms with van der Waals surface area (Å²) in [6, 6.07) is 0. The van der Waals surface area contributed by atoms with Gasteiger partial charge in [0.25, 0.3) is 0 Å². The van der Waals surface area contributed by atoms with Crippen LogP contribution < -0.4 is 0 Å². The van der Waals surface area contributed by atoms with E-state index in [0.29, 0.717) is 4.89 Å². The molecule has 1 rings (SSSR count). The summed E-state index contributed by atoms with van der Waals surface area (Å²) in [7, 11) is 0. The molecular weight excluding hydrogens is 131 g/mol. The summed E-state index contributed by atoms with van der Waals surface area (Å²) in [4.78, 5) is 0.661. The fourth-order valence-electron chi connectivity index (χ4n) is 1.03. The van der Waals surface area contributed by atoms with E-state index in [1.54, 1.807) is 0 Å². The molecule has 0 heterocycles. The van der Waals surface area contributed by atoms with Gasteiger partial charge in [-0.15, -0.1) is 0 Å². The van der Waals surface area contributed by atoms with Gasteiger partial charge in [-0.3, -0.25) is 0 Å². The maximum atomic E-state index is 4.82. The molecule has 1 aliphatic carbocycles. The SMILES string of the molecule is [Ni][CH]1CCCCC1. The summed E-state index contributed by atoms with van der Waals surface area (Å²) in [5, 5.41) is 0. The fraction of sp³-hybridized carbons (Fsp3) is 1.00. The third-order valence-electron chi connectivity index (χ3n) is 1.50. The van der Waals surface area contributed by atoms with Gasteiger partial charge < -0.3 is 0 Å².